The van der Waals surface area contributed by atoms with Gasteiger partial charge in [0.15, 0.2) is 0 Å². The fourth-order valence-corrected chi connectivity index (χ4v) is 6.77. The molecule has 0 amide bonds. The van der Waals surface area contributed by atoms with E-state index in [1.165, 1.54) is 22.8 Å². The van der Waals surface area contributed by atoms with Crippen molar-refractivity contribution >= 4 is 11.8 Å². The number of fused-ring (bicyclic) bond motifs is 2. The molecule has 3 unspecified atom stereocenters. The molecule has 0 spiro atoms. The molecule has 0 aromatic heterocycles. The van der Waals surface area contributed by atoms with Crippen molar-refractivity contribution < 1.29 is 14.8 Å². The predicted molar refractivity (Wildman–Crippen MR) is 132 cm³/mol. The van der Waals surface area contributed by atoms with Crippen LogP contribution in [-0.4, -0.2) is 34.4 Å². The Labute approximate surface area is 201 Å². The van der Waals surface area contributed by atoms with Crippen LogP contribution in [0.5, 0.6) is 11.5 Å². The minimum Gasteiger partial charge on any atom is -0.508 e. The summed E-state index contributed by atoms with van der Waals surface area (Å²) in [6, 6.07) is 24.4. The van der Waals surface area contributed by atoms with E-state index in [2.05, 4.69) is 60.4 Å². The van der Waals surface area contributed by atoms with Crippen molar-refractivity contribution in [2.75, 3.05) is 19.6 Å². The van der Waals surface area contributed by atoms with Gasteiger partial charge in [-0.25, -0.2) is 4.59 Å². The molecule has 3 atom stereocenters. The number of phenols is 2. The minimum atomic E-state index is -0.195. The number of nitrogens with zero attached hydrogens (tertiary/aromatic N) is 1. The summed E-state index contributed by atoms with van der Waals surface area (Å²) in [6.45, 7) is 5.03. The standard InChI is InChI=1S/C28H31ClN2O2/c1-27-18-22-9-5-6-10-23(22)19-28(27,24-15-25(32)17-26(33)16-24)12-14-31(20-27,30-29)13-11-21-7-3-2-4-8-21/h2-10,15-17,30H,11-14,18-20H2,1H3,(H-,32,33)/p+1. The van der Waals surface area contributed by atoms with Gasteiger partial charge in [0.05, 0.1) is 6.54 Å². The molecule has 2 aliphatic rings. The third-order valence-corrected chi connectivity index (χ3v) is 8.63. The number of likely N-dealkylation sites (tertiary alicyclic amines) is 1. The molecule has 1 fully saturated rings. The zero-order chi connectivity index (χ0) is 23.1. The third kappa shape index (κ3) is 3.90. The molecular weight excluding hydrogens is 432 g/mol. The summed E-state index contributed by atoms with van der Waals surface area (Å²) >= 11 is 6.48. The van der Waals surface area contributed by atoms with Crippen LogP contribution in [-0.2, 0) is 24.7 Å². The maximum Gasteiger partial charge on any atom is 0.119 e. The second-order valence-electron chi connectivity index (χ2n) is 10.3. The Bertz CT molecular complexity index is 1130. The molecule has 5 rings (SSSR count). The molecule has 1 aliphatic heterocycles. The van der Waals surface area contributed by atoms with Crippen LogP contribution in [0.15, 0.2) is 72.8 Å². The topological polar surface area (TPSA) is 52.5 Å². The SMILES string of the molecule is CC12Cc3ccccc3CC1(c1cc(O)cc(O)c1)CC[N+](CCc1ccccc1)(NCl)C2. The number of aromatic hydroxyl groups is 2. The van der Waals surface area contributed by atoms with E-state index < -0.39 is 0 Å². The van der Waals surface area contributed by atoms with Crippen LogP contribution < -0.4 is 4.94 Å². The van der Waals surface area contributed by atoms with Gasteiger partial charge in [-0.2, -0.15) is 0 Å². The first-order valence-electron chi connectivity index (χ1n) is 11.8. The molecule has 3 aromatic carbocycles. The number of rotatable bonds is 5. The van der Waals surface area contributed by atoms with Crippen molar-refractivity contribution in [2.45, 2.75) is 38.0 Å². The summed E-state index contributed by atoms with van der Waals surface area (Å²) in [5.74, 6) is 0.234. The molecular formula is C28H32ClN2O2+. The lowest BCUT2D eigenvalue weighted by Gasteiger charge is -2.59. The molecule has 0 saturated carbocycles. The van der Waals surface area contributed by atoms with Gasteiger partial charge in [-0.1, -0.05) is 66.5 Å². The molecule has 4 nitrogen and oxygen atoms in total. The highest BCUT2D eigenvalue weighted by Gasteiger charge is 2.60. The zero-order valence-corrected chi connectivity index (χ0v) is 19.9. The normalized spacial score (nSPS) is 28.7. The maximum atomic E-state index is 10.4. The van der Waals surface area contributed by atoms with Gasteiger partial charge in [-0.05, 0) is 47.2 Å². The summed E-state index contributed by atoms with van der Waals surface area (Å²) in [6.07, 6.45) is 3.69. The van der Waals surface area contributed by atoms with Crippen LogP contribution in [0.25, 0.3) is 0 Å². The van der Waals surface area contributed by atoms with E-state index in [4.69, 9.17) is 11.8 Å². The molecule has 33 heavy (non-hydrogen) atoms. The van der Waals surface area contributed by atoms with Gasteiger partial charge < -0.3 is 10.2 Å². The Morgan fingerprint density at radius 1 is 0.909 bits per heavy atom. The second kappa shape index (κ2) is 8.35. The minimum absolute atomic E-state index is 0.113. The molecule has 0 radical (unpaired) electrons. The first-order valence-corrected chi connectivity index (χ1v) is 12.1. The lowest BCUT2D eigenvalue weighted by atomic mass is 9.50. The number of phenolic OH excluding ortho intramolecular Hbond substituents is 2. The first kappa shape index (κ1) is 22.3. The smallest absolute Gasteiger partial charge is 0.119 e. The largest absolute Gasteiger partial charge is 0.508 e. The number of hydrogen-bond acceptors (Lipinski definition) is 3. The summed E-state index contributed by atoms with van der Waals surface area (Å²) in [7, 11) is 0. The van der Waals surface area contributed by atoms with Crippen molar-refractivity contribution in [3.05, 3.63) is 95.1 Å². The Morgan fingerprint density at radius 2 is 1.55 bits per heavy atom. The molecule has 172 valence electrons. The Morgan fingerprint density at radius 3 is 2.21 bits per heavy atom. The first-order chi connectivity index (χ1) is 15.9. The van der Waals surface area contributed by atoms with Crippen LogP contribution in [0.1, 0.15) is 35.6 Å². The van der Waals surface area contributed by atoms with Gasteiger partial charge in [0, 0.05) is 41.5 Å². The van der Waals surface area contributed by atoms with Crippen LogP contribution in [0.4, 0.5) is 0 Å². The van der Waals surface area contributed by atoms with Crippen molar-refractivity contribution in [2.24, 2.45) is 5.41 Å². The van der Waals surface area contributed by atoms with Crippen LogP contribution >= 0.6 is 11.8 Å². The number of piperidine rings is 1. The fourth-order valence-electron chi connectivity index (χ4n) is 6.54. The number of hydrogen-bond donors (Lipinski definition) is 3. The van der Waals surface area contributed by atoms with Crippen molar-refractivity contribution in [1.29, 1.82) is 0 Å². The number of nitrogens with one attached hydrogen (secondary N) is 1. The predicted octanol–water partition coefficient (Wildman–Crippen LogP) is 5.26. The zero-order valence-electron chi connectivity index (χ0n) is 19.1. The van der Waals surface area contributed by atoms with Gasteiger partial charge in [0.25, 0.3) is 0 Å². The van der Waals surface area contributed by atoms with Crippen LogP contribution in [0, 0.1) is 5.41 Å². The van der Waals surface area contributed by atoms with Crippen LogP contribution in [0.3, 0.4) is 0 Å². The summed E-state index contributed by atoms with van der Waals surface area (Å²) in [5.41, 5.74) is 4.78. The highest BCUT2D eigenvalue weighted by molar-refractivity contribution is 6.12. The summed E-state index contributed by atoms with van der Waals surface area (Å²) in [4.78, 5) is 3.17. The molecule has 3 aromatic rings. The monoisotopic (exact) mass is 463 g/mol. The van der Waals surface area contributed by atoms with Gasteiger partial charge in [0.1, 0.15) is 24.6 Å². The number of quaternary nitrogens is 1. The van der Waals surface area contributed by atoms with E-state index in [-0.39, 0.29) is 22.3 Å². The summed E-state index contributed by atoms with van der Waals surface area (Å²) in [5, 5.41) is 20.7. The molecule has 1 saturated heterocycles. The maximum absolute atomic E-state index is 10.4. The van der Waals surface area contributed by atoms with E-state index in [0.29, 0.717) is 4.59 Å². The second-order valence-corrected chi connectivity index (χ2v) is 10.5. The van der Waals surface area contributed by atoms with Gasteiger partial charge in [0.2, 0.25) is 0 Å². The molecule has 5 heteroatoms. The van der Waals surface area contributed by atoms with E-state index in [0.717, 1.165) is 50.9 Å². The van der Waals surface area contributed by atoms with E-state index in [1.54, 1.807) is 0 Å². The number of benzene rings is 3. The van der Waals surface area contributed by atoms with E-state index in [1.807, 2.05) is 18.2 Å². The highest BCUT2D eigenvalue weighted by atomic mass is 35.5. The van der Waals surface area contributed by atoms with Crippen molar-refractivity contribution in [3.8, 4) is 11.5 Å². The third-order valence-electron chi connectivity index (χ3n) is 8.27. The molecule has 1 aliphatic carbocycles. The average molecular weight is 464 g/mol. The van der Waals surface area contributed by atoms with Gasteiger partial charge >= 0.3 is 0 Å². The Hall–Kier alpha value is -2.53. The number of halogens is 1. The van der Waals surface area contributed by atoms with E-state index in [9.17, 15) is 10.2 Å². The quantitative estimate of drug-likeness (QED) is 0.357. The van der Waals surface area contributed by atoms with Gasteiger partial charge in [-0.15, -0.1) is 0 Å². The molecule has 1 heterocycles. The lowest BCUT2D eigenvalue weighted by molar-refractivity contribution is -0.969. The average Bonchev–Trinajstić information content (AvgIpc) is 2.81. The Balaban J connectivity index is 1.56. The molecule has 3 N–H and O–H groups in total. The summed E-state index contributed by atoms with van der Waals surface area (Å²) < 4.78 is 0.641. The van der Waals surface area contributed by atoms with Crippen molar-refractivity contribution in [3.63, 3.8) is 0 Å². The van der Waals surface area contributed by atoms with E-state index >= 15 is 0 Å². The Kier molecular flexibility index (Phi) is 5.64. The lowest BCUT2D eigenvalue weighted by Crippen LogP contribution is -2.70. The van der Waals surface area contributed by atoms with Crippen molar-refractivity contribution in [1.82, 2.24) is 4.94 Å². The molecule has 0 bridgehead atoms. The van der Waals surface area contributed by atoms with Gasteiger partial charge in [-0.3, -0.25) is 0 Å². The fraction of sp³-hybridized carbons (Fsp3) is 0.357. The van der Waals surface area contributed by atoms with Crippen LogP contribution in [0.2, 0.25) is 0 Å². The highest BCUT2D eigenvalue weighted by Crippen LogP contribution is 2.57.